The maximum absolute atomic E-state index is 12.7. The molecule has 0 radical (unpaired) electrons. The maximum Gasteiger partial charge on any atom is 0.261 e. The van der Waals surface area contributed by atoms with Crippen molar-refractivity contribution in [1.29, 1.82) is 0 Å². The number of hydrogen-bond acceptors (Lipinski definition) is 5. The minimum absolute atomic E-state index is 0.0938. The molecule has 0 bridgehead atoms. The van der Waals surface area contributed by atoms with Crippen molar-refractivity contribution in [3.63, 3.8) is 0 Å². The first-order chi connectivity index (χ1) is 16.8. The summed E-state index contributed by atoms with van der Waals surface area (Å²) in [5.74, 6) is -0.218. The van der Waals surface area contributed by atoms with E-state index in [1.807, 2.05) is 18.2 Å². The predicted molar refractivity (Wildman–Crippen MR) is 136 cm³/mol. The average molecular weight is 494 g/mol. The van der Waals surface area contributed by atoms with Gasteiger partial charge in [-0.2, -0.15) is 0 Å². The van der Waals surface area contributed by atoms with Crippen molar-refractivity contribution in [1.82, 2.24) is 10.2 Å². The van der Waals surface area contributed by atoms with Gasteiger partial charge in [0.05, 0.1) is 11.0 Å². The molecule has 3 N–H and O–H groups in total. The van der Waals surface area contributed by atoms with E-state index >= 15 is 0 Å². The van der Waals surface area contributed by atoms with Gasteiger partial charge in [0, 0.05) is 24.3 Å². The molecule has 7 nitrogen and oxygen atoms in total. The molecule has 1 fully saturated rings. The van der Waals surface area contributed by atoms with E-state index in [1.54, 1.807) is 43.3 Å². The summed E-state index contributed by atoms with van der Waals surface area (Å²) in [5, 5.41) is 12.6. The fourth-order valence-electron chi connectivity index (χ4n) is 4.17. The molecule has 0 aliphatic carbocycles. The highest BCUT2D eigenvalue weighted by Gasteiger charge is 2.16. The van der Waals surface area contributed by atoms with Crippen molar-refractivity contribution < 1.29 is 18.3 Å². The summed E-state index contributed by atoms with van der Waals surface area (Å²) in [4.78, 5) is 15.2. The van der Waals surface area contributed by atoms with E-state index in [2.05, 4.69) is 21.0 Å². The number of hydrogen-bond donors (Lipinski definition) is 3. The molecule has 8 heteroatoms. The van der Waals surface area contributed by atoms with Gasteiger partial charge in [0.2, 0.25) is 0 Å². The van der Waals surface area contributed by atoms with Crippen LogP contribution in [0.25, 0.3) is 0 Å². The van der Waals surface area contributed by atoms with Gasteiger partial charge in [-0.25, -0.2) is 8.42 Å². The lowest BCUT2D eigenvalue weighted by atomic mass is 10.1. The van der Waals surface area contributed by atoms with E-state index < -0.39 is 16.1 Å². The molecule has 0 saturated carbocycles. The second-order valence-electron chi connectivity index (χ2n) is 8.86. The SMILES string of the molecule is C[C@H](O)c1ccc(S(=O)(=O)Nc2ccc(C(=O)NCc3ccccc3CN3CCCC3)cc2)cc1. The number of aliphatic hydroxyl groups excluding tert-OH is 1. The van der Waals surface area contributed by atoms with Crippen molar-refractivity contribution in [3.8, 4) is 0 Å². The largest absolute Gasteiger partial charge is 0.389 e. The quantitative estimate of drug-likeness (QED) is 0.417. The van der Waals surface area contributed by atoms with Crippen molar-refractivity contribution in [2.24, 2.45) is 0 Å². The third-order valence-corrected chi connectivity index (χ3v) is 7.62. The molecule has 1 aliphatic heterocycles. The topological polar surface area (TPSA) is 98.7 Å². The third-order valence-electron chi connectivity index (χ3n) is 6.22. The Balaban J connectivity index is 1.36. The van der Waals surface area contributed by atoms with Crippen LogP contribution in [0.2, 0.25) is 0 Å². The average Bonchev–Trinajstić information content (AvgIpc) is 3.37. The molecule has 35 heavy (non-hydrogen) atoms. The molecule has 1 amide bonds. The predicted octanol–water partition coefficient (Wildman–Crippen LogP) is 4.07. The summed E-state index contributed by atoms with van der Waals surface area (Å²) in [7, 11) is -3.79. The monoisotopic (exact) mass is 493 g/mol. The molecule has 184 valence electrons. The molecule has 1 heterocycles. The van der Waals surface area contributed by atoms with Crippen LogP contribution in [0.5, 0.6) is 0 Å². The van der Waals surface area contributed by atoms with Gasteiger partial charge < -0.3 is 10.4 Å². The van der Waals surface area contributed by atoms with Gasteiger partial charge in [0.15, 0.2) is 0 Å². The van der Waals surface area contributed by atoms with Crippen LogP contribution in [0, 0.1) is 0 Å². The molecule has 1 aliphatic rings. The van der Waals surface area contributed by atoms with Crippen molar-refractivity contribution in [2.45, 2.75) is 43.9 Å². The number of carbonyl (C=O) groups is 1. The first-order valence-corrected chi connectivity index (χ1v) is 13.3. The number of rotatable bonds is 9. The Morgan fingerprint density at radius 3 is 2.20 bits per heavy atom. The van der Waals surface area contributed by atoms with Gasteiger partial charge in [-0.15, -0.1) is 0 Å². The molecule has 1 atom stereocenters. The van der Waals surface area contributed by atoms with Gasteiger partial charge in [-0.3, -0.25) is 14.4 Å². The fourth-order valence-corrected chi connectivity index (χ4v) is 5.23. The number of aliphatic hydroxyl groups is 1. The van der Waals surface area contributed by atoms with Crippen molar-refractivity contribution in [3.05, 3.63) is 95.1 Å². The number of carbonyl (C=O) groups excluding carboxylic acids is 1. The molecule has 1 saturated heterocycles. The molecular formula is C27H31N3O4S. The lowest BCUT2D eigenvalue weighted by Crippen LogP contribution is -2.25. The van der Waals surface area contributed by atoms with E-state index in [0.29, 0.717) is 23.4 Å². The maximum atomic E-state index is 12.7. The highest BCUT2D eigenvalue weighted by atomic mass is 32.2. The van der Waals surface area contributed by atoms with Crippen molar-refractivity contribution >= 4 is 21.6 Å². The molecular weight excluding hydrogens is 462 g/mol. The minimum atomic E-state index is -3.79. The summed E-state index contributed by atoms with van der Waals surface area (Å²) in [6, 6.07) is 20.5. The number of nitrogens with one attached hydrogen (secondary N) is 2. The van der Waals surface area contributed by atoms with Crippen LogP contribution in [0.1, 0.15) is 52.9 Å². The van der Waals surface area contributed by atoms with E-state index in [4.69, 9.17) is 0 Å². The second-order valence-corrected chi connectivity index (χ2v) is 10.5. The highest BCUT2D eigenvalue weighted by Crippen LogP contribution is 2.20. The third kappa shape index (κ3) is 6.48. The van der Waals surface area contributed by atoms with Gasteiger partial charge in [0.25, 0.3) is 15.9 Å². The van der Waals surface area contributed by atoms with Gasteiger partial charge >= 0.3 is 0 Å². The lowest BCUT2D eigenvalue weighted by Gasteiger charge is -2.17. The Morgan fingerprint density at radius 2 is 1.57 bits per heavy atom. The van der Waals surface area contributed by atoms with Crippen LogP contribution in [0.4, 0.5) is 5.69 Å². The molecule has 3 aromatic carbocycles. The summed E-state index contributed by atoms with van der Waals surface area (Å²) < 4.78 is 27.8. The molecule has 0 aromatic heterocycles. The zero-order valence-electron chi connectivity index (χ0n) is 19.8. The Labute approximate surface area is 206 Å². The molecule has 0 unspecified atom stereocenters. The van der Waals surface area contributed by atoms with Crippen LogP contribution in [-0.4, -0.2) is 37.4 Å². The number of likely N-dealkylation sites (tertiary alicyclic amines) is 1. The molecule has 4 rings (SSSR count). The van der Waals surface area contributed by atoms with Crippen LogP contribution >= 0.6 is 0 Å². The Hall–Kier alpha value is -3.20. The van der Waals surface area contributed by atoms with Crippen LogP contribution < -0.4 is 10.0 Å². The van der Waals surface area contributed by atoms with Gasteiger partial charge in [-0.05, 0) is 85.9 Å². The number of amides is 1. The normalized spacial score (nSPS) is 15.0. The summed E-state index contributed by atoms with van der Waals surface area (Å²) in [6.45, 7) is 5.17. The number of nitrogens with zero attached hydrogens (tertiary/aromatic N) is 1. The van der Waals surface area contributed by atoms with Crippen LogP contribution in [0.3, 0.4) is 0 Å². The highest BCUT2D eigenvalue weighted by molar-refractivity contribution is 7.92. The Bertz CT molecular complexity index is 1250. The Morgan fingerprint density at radius 1 is 0.943 bits per heavy atom. The van der Waals surface area contributed by atoms with Gasteiger partial charge in [0.1, 0.15) is 0 Å². The number of sulfonamides is 1. The summed E-state index contributed by atoms with van der Waals surface area (Å²) in [6.07, 6.45) is 1.80. The molecule has 0 spiro atoms. The lowest BCUT2D eigenvalue weighted by molar-refractivity contribution is 0.0950. The zero-order chi connectivity index (χ0) is 24.8. The second kappa shape index (κ2) is 11.0. The number of benzene rings is 3. The Kier molecular flexibility index (Phi) is 7.85. The van der Waals surface area contributed by atoms with Crippen molar-refractivity contribution in [2.75, 3.05) is 17.8 Å². The van der Waals surface area contributed by atoms with E-state index in [-0.39, 0.29) is 10.8 Å². The smallest absolute Gasteiger partial charge is 0.261 e. The first-order valence-electron chi connectivity index (χ1n) is 11.8. The standard InChI is InChI=1S/C27H31N3O4S/c1-20(31)21-10-14-26(15-11-21)35(33,34)29-25-12-8-22(9-13-25)27(32)28-18-23-6-2-3-7-24(23)19-30-16-4-5-17-30/h2-3,6-15,20,29,31H,4-5,16-19H2,1H3,(H,28,32)/t20-/m0/s1. The van der Waals surface area contributed by atoms with E-state index in [9.17, 15) is 18.3 Å². The van der Waals surface area contributed by atoms with E-state index in [0.717, 1.165) is 25.2 Å². The number of anilines is 1. The minimum Gasteiger partial charge on any atom is -0.389 e. The first kappa shape index (κ1) is 24.9. The molecule has 3 aromatic rings. The van der Waals surface area contributed by atoms with Crippen LogP contribution in [-0.2, 0) is 23.1 Å². The zero-order valence-corrected chi connectivity index (χ0v) is 20.6. The van der Waals surface area contributed by atoms with Gasteiger partial charge in [-0.1, -0.05) is 36.4 Å². The summed E-state index contributed by atoms with van der Waals surface area (Å²) in [5.41, 5.74) is 3.76. The van der Waals surface area contributed by atoms with E-state index in [1.165, 1.54) is 30.5 Å². The van der Waals surface area contributed by atoms with Crippen LogP contribution in [0.15, 0.2) is 77.7 Å². The summed E-state index contributed by atoms with van der Waals surface area (Å²) >= 11 is 0. The fraction of sp³-hybridized carbons (Fsp3) is 0.296.